The average Bonchev–Trinajstić information content (AvgIpc) is 2.41. The highest BCUT2D eigenvalue weighted by atomic mass is 32.2. The molecule has 0 amide bonds. The number of aromatic nitrogens is 1. The van der Waals surface area contributed by atoms with Crippen LogP contribution in [0.5, 0.6) is 0 Å². The number of rotatable bonds is 5. The van der Waals surface area contributed by atoms with E-state index in [2.05, 4.69) is 20.9 Å². The fourth-order valence-corrected chi connectivity index (χ4v) is 2.85. The zero-order valence-corrected chi connectivity index (χ0v) is 12.0. The van der Waals surface area contributed by atoms with Gasteiger partial charge in [0.15, 0.2) is 0 Å². The van der Waals surface area contributed by atoms with Crippen LogP contribution < -0.4 is 0 Å². The van der Waals surface area contributed by atoms with Crippen molar-refractivity contribution in [3.8, 4) is 0 Å². The molecule has 0 aliphatic carbocycles. The third kappa shape index (κ3) is 3.91. The van der Waals surface area contributed by atoms with E-state index < -0.39 is 0 Å². The zero-order chi connectivity index (χ0) is 12.8. The fraction of sp³-hybridized carbons (Fsp3) is 0.500. The van der Waals surface area contributed by atoms with Gasteiger partial charge in [-0.25, -0.2) is 0 Å². The molecule has 98 valence electrons. The number of thioether (sulfide) groups is 1. The topological polar surface area (TPSA) is 28.6 Å². The van der Waals surface area contributed by atoms with Crippen LogP contribution in [-0.2, 0) is 11.3 Å². The van der Waals surface area contributed by atoms with Crippen molar-refractivity contribution in [1.82, 2.24) is 14.8 Å². The van der Waals surface area contributed by atoms with Crippen molar-refractivity contribution in [2.45, 2.75) is 6.54 Å². The monoisotopic (exact) mass is 283 g/mol. The molecule has 0 unspecified atom stereocenters. The Labute approximate surface area is 117 Å². The van der Waals surface area contributed by atoms with Crippen LogP contribution in [0.3, 0.4) is 0 Å². The summed E-state index contributed by atoms with van der Waals surface area (Å²) in [6.07, 6.45) is 3.68. The summed E-state index contributed by atoms with van der Waals surface area (Å²) in [5, 5.41) is 0. The van der Waals surface area contributed by atoms with Gasteiger partial charge in [-0.2, -0.15) is 0 Å². The maximum absolute atomic E-state index is 5.40. The highest BCUT2D eigenvalue weighted by Gasteiger charge is 2.21. The molecule has 2 rings (SSSR count). The minimum atomic E-state index is 0.758. The minimum absolute atomic E-state index is 0.758. The molecule has 1 aromatic heterocycles. The van der Waals surface area contributed by atoms with Crippen molar-refractivity contribution >= 4 is 28.3 Å². The van der Waals surface area contributed by atoms with E-state index in [0.29, 0.717) is 0 Å². The van der Waals surface area contributed by atoms with E-state index in [1.807, 2.05) is 12.3 Å². The van der Waals surface area contributed by atoms with E-state index in [4.69, 9.17) is 17.0 Å². The summed E-state index contributed by atoms with van der Waals surface area (Å²) in [6.45, 7) is 3.39. The number of ether oxygens (including phenoxy) is 1. The second-order valence-corrected chi connectivity index (χ2v) is 5.71. The van der Waals surface area contributed by atoms with Gasteiger partial charge in [0.1, 0.15) is 4.32 Å². The van der Waals surface area contributed by atoms with E-state index in [9.17, 15) is 0 Å². The highest BCUT2D eigenvalue weighted by Crippen LogP contribution is 2.20. The molecule has 0 bridgehead atoms. The molecular formula is C12H17N3OS2. The molecule has 6 heteroatoms. The molecular weight excluding hydrogens is 266 g/mol. The predicted octanol–water partition coefficient (Wildman–Crippen LogP) is 1.78. The van der Waals surface area contributed by atoms with Gasteiger partial charge in [0.05, 0.1) is 19.2 Å². The quantitative estimate of drug-likeness (QED) is 0.765. The molecule has 0 saturated carbocycles. The molecule has 0 aromatic carbocycles. The highest BCUT2D eigenvalue weighted by molar-refractivity contribution is 8.22. The number of hydrogen-bond donors (Lipinski definition) is 0. The Bertz CT molecular complexity index is 388. The lowest BCUT2D eigenvalue weighted by Crippen LogP contribution is -2.45. The van der Waals surface area contributed by atoms with E-state index in [0.717, 1.165) is 36.6 Å². The molecule has 1 aliphatic heterocycles. The van der Waals surface area contributed by atoms with Crippen molar-refractivity contribution in [2.75, 3.05) is 32.8 Å². The van der Waals surface area contributed by atoms with E-state index in [1.165, 1.54) is 5.56 Å². The summed E-state index contributed by atoms with van der Waals surface area (Å²) in [5.41, 5.74) is 1.19. The summed E-state index contributed by atoms with van der Waals surface area (Å²) in [6, 6.07) is 4.03. The SMILES string of the molecule is COCCN1CSC(=S)N(Cc2cccnc2)C1. The Morgan fingerprint density at radius 3 is 3.17 bits per heavy atom. The first-order chi connectivity index (χ1) is 8.79. The molecule has 2 heterocycles. The predicted molar refractivity (Wildman–Crippen MR) is 78.3 cm³/mol. The third-order valence-corrected chi connectivity index (χ3v) is 4.32. The first-order valence-electron chi connectivity index (χ1n) is 5.81. The molecule has 4 nitrogen and oxygen atoms in total. The van der Waals surface area contributed by atoms with Crippen molar-refractivity contribution in [2.24, 2.45) is 0 Å². The minimum Gasteiger partial charge on any atom is -0.383 e. The van der Waals surface area contributed by atoms with Crippen molar-refractivity contribution in [3.05, 3.63) is 30.1 Å². The first-order valence-corrected chi connectivity index (χ1v) is 7.21. The van der Waals surface area contributed by atoms with Gasteiger partial charge in [0.2, 0.25) is 0 Å². The summed E-state index contributed by atoms with van der Waals surface area (Å²) in [7, 11) is 1.73. The van der Waals surface area contributed by atoms with Crippen LogP contribution in [0.1, 0.15) is 5.56 Å². The van der Waals surface area contributed by atoms with Gasteiger partial charge in [-0.15, -0.1) is 0 Å². The number of nitrogens with zero attached hydrogens (tertiary/aromatic N) is 3. The van der Waals surface area contributed by atoms with Crippen LogP contribution in [0.2, 0.25) is 0 Å². The Balaban J connectivity index is 1.91. The van der Waals surface area contributed by atoms with Crippen LogP contribution in [0.4, 0.5) is 0 Å². The van der Waals surface area contributed by atoms with Crippen LogP contribution in [0.25, 0.3) is 0 Å². The lowest BCUT2D eigenvalue weighted by molar-refractivity contribution is 0.131. The normalized spacial score (nSPS) is 17.2. The second-order valence-electron chi connectivity index (χ2n) is 4.13. The number of pyridine rings is 1. The van der Waals surface area contributed by atoms with Crippen LogP contribution in [0, 0.1) is 0 Å². The van der Waals surface area contributed by atoms with Gasteiger partial charge in [-0.3, -0.25) is 9.88 Å². The second kappa shape index (κ2) is 7.04. The Morgan fingerprint density at radius 1 is 1.56 bits per heavy atom. The van der Waals surface area contributed by atoms with E-state index in [1.54, 1.807) is 25.1 Å². The number of methoxy groups -OCH3 is 1. The molecule has 0 radical (unpaired) electrons. The molecule has 0 N–H and O–H groups in total. The third-order valence-electron chi connectivity index (χ3n) is 2.71. The standard InChI is InChI=1S/C12H17N3OS2/c1-16-6-5-14-9-15(12(17)18-10-14)8-11-3-2-4-13-7-11/h2-4,7H,5-6,8-10H2,1H3. The van der Waals surface area contributed by atoms with Crippen LogP contribution in [-0.4, -0.2) is 51.9 Å². The zero-order valence-electron chi connectivity index (χ0n) is 10.4. The summed E-state index contributed by atoms with van der Waals surface area (Å²) >= 11 is 7.11. The lowest BCUT2D eigenvalue weighted by atomic mass is 10.3. The largest absolute Gasteiger partial charge is 0.383 e. The number of thiocarbonyl (C=S) groups is 1. The molecule has 1 aliphatic rings. The van der Waals surface area contributed by atoms with Crippen LogP contribution >= 0.6 is 24.0 Å². The molecule has 18 heavy (non-hydrogen) atoms. The van der Waals surface area contributed by atoms with Crippen molar-refractivity contribution in [3.63, 3.8) is 0 Å². The maximum Gasteiger partial charge on any atom is 0.138 e. The van der Waals surface area contributed by atoms with Gasteiger partial charge in [0.25, 0.3) is 0 Å². The smallest absolute Gasteiger partial charge is 0.138 e. The lowest BCUT2D eigenvalue weighted by Gasteiger charge is -2.36. The Morgan fingerprint density at radius 2 is 2.44 bits per heavy atom. The van der Waals surface area contributed by atoms with Crippen LogP contribution in [0.15, 0.2) is 24.5 Å². The number of hydrogen-bond acceptors (Lipinski definition) is 5. The molecule has 0 spiro atoms. The van der Waals surface area contributed by atoms with Gasteiger partial charge >= 0.3 is 0 Å². The van der Waals surface area contributed by atoms with Gasteiger partial charge in [-0.1, -0.05) is 30.0 Å². The Hall–Kier alpha value is -0.690. The van der Waals surface area contributed by atoms with Crippen molar-refractivity contribution in [1.29, 1.82) is 0 Å². The van der Waals surface area contributed by atoms with Gasteiger partial charge < -0.3 is 9.64 Å². The summed E-state index contributed by atoms with van der Waals surface area (Å²) < 4.78 is 6.08. The first kappa shape index (κ1) is 13.7. The molecule has 1 fully saturated rings. The van der Waals surface area contributed by atoms with Gasteiger partial charge in [0, 0.05) is 32.6 Å². The summed E-state index contributed by atoms with van der Waals surface area (Å²) in [4.78, 5) is 8.67. The molecule has 1 saturated heterocycles. The summed E-state index contributed by atoms with van der Waals surface area (Å²) in [5.74, 6) is 0.950. The molecule has 0 atom stereocenters. The van der Waals surface area contributed by atoms with E-state index in [-0.39, 0.29) is 0 Å². The van der Waals surface area contributed by atoms with Gasteiger partial charge in [-0.05, 0) is 11.6 Å². The maximum atomic E-state index is 5.40. The van der Waals surface area contributed by atoms with Crippen molar-refractivity contribution < 1.29 is 4.74 Å². The molecule has 1 aromatic rings. The average molecular weight is 283 g/mol. The Kier molecular flexibility index (Phi) is 5.37. The van der Waals surface area contributed by atoms with E-state index >= 15 is 0 Å². The fourth-order valence-electron chi connectivity index (χ4n) is 1.76.